The standard InChI is InChI=1S/C30H41N5O5S/c1-5-39-29(36)20-41(37,38)35(15-7-9-23-8-6-10-24(18-23)30(32)33)25-11-12-28(27(19-25)21(2)3)40-26-13-16-34(17-14-26)22(4)31/h6-12,18-19,21,26,31H,5,13-17,20H2,1-4H3,(H3,32,33)/b9-7+,31-22?. The van der Waals surface area contributed by atoms with Crippen molar-refractivity contribution < 1.29 is 22.7 Å². The molecule has 3 rings (SSSR count). The first-order valence-corrected chi connectivity index (χ1v) is 15.4. The number of carbonyl (C=O) groups excluding carboxylic acids is 1. The van der Waals surface area contributed by atoms with Gasteiger partial charge in [-0.25, -0.2) is 8.42 Å². The van der Waals surface area contributed by atoms with E-state index in [-0.39, 0.29) is 31.0 Å². The van der Waals surface area contributed by atoms with Gasteiger partial charge in [0.2, 0.25) is 10.0 Å². The molecule has 10 nitrogen and oxygen atoms in total. The van der Waals surface area contributed by atoms with Crippen molar-refractivity contribution in [3.63, 3.8) is 0 Å². The van der Waals surface area contributed by atoms with Crippen molar-refractivity contribution in [1.29, 1.82) is 10.8 Å². The number of amidine groups is 2. The molecule has 0 atom stereocenters. The Morgan fingerprint density at radius 1 is 1.17 bits per heavy atom. The van der Waals surface area contributed by atoms with E-state index < -0.39 is 21.7 Å². The maximum atomic E-state index is 13.5. The van der Waals surface area contributed by atoms with Crippen molar-refractivity contribution in [2.75, 3.05) is 36.3 Å². The number of anilines is 1. The third-order valence-electron chi connectivity index (χ3n) is 6.83. The number of benzene rings is 2. The molecule has 0 aromatic heterocycles. The summed E-state index contributed by atoms with van der Waals surface area (Å²) in [6, 6.07) is 12.4. The van der Waals surface area contributed by atoms with Crippen LogP contribution >= 0.6 is 0 Å². The van der Waals surface area contributed by atoms with Gasteiger partial charge in [-0.15, -0.1) is 0 Å². The molecular formula is C30H41N5O5S. The Bertz CT molecular complexity index is 1380. The fourth-order valence-electron chi connectivity index (χ4n) is 4.64. The second-order valence-corrected chi connectivity index (χ2v) is 12.2. The number of nitrogens with two attached hydrogens (primary N) is 1. The van der Waals surface area contributed by atoms with Gasteiger partial charge < -0.3 is 20.1 Å². The lowest BCUT2D eigenvalue weighted by Gasteiger charge is -2.33. The summed E-state index contributed by atoms with van der Waals surface area (Å²) in [6.45, 7) is 9.04. The fourth-order valence-corrected chi connectivity index (χ4v) is 5.93. The Balaban J connectivity index is 1.90. The zero-order chi connectivity index (χ0) is 30.2. The van der Waals surface area contributed by atoms with Crippen LogP contribution in [0.5, 0.6) is 5.75 Å². The maximum Gasteiger partial charge on any atom is 0.323 e. The largest absolute Gasteiger partial charge is 0.490 e. The number of nitrogens with one attached hydrogen (secondary N) is 2. The highest BCUT2D eigenvalue weighted by Crippen LogP contribution is 2.34. The summed E-state index contributed by atoms with van der Waals surface area (Å²) in [7, 11) is -4.08. The first-order chi connectivity index (χ1) is 19.4. The van der Waals surface area contributed by atoms with Crippen LogP contribution in [0.3, 0.4) is 0 Å². The Kier molecular flexibility index (Phi) is 10.9. The predicted molar refractivity (Wildman–Crippen MR) is 163 cm³/mol. The number of rotatable bonds is 12. The molecule has 4 N–H and O–H groups in total. The van der Waals surface area contributed by atoms with E-state index in [1.165, 1.54) is 4.31 Å². The molecule has 0 radical (unpaired) electrons. The molecule has 2 aromatic carbocycles. The van der Waals surface area contributed by atoms with Crippen LogP contribution in [0.2, 0.25) is 0 Å². The van der Waals surface area contributed by atoms with Crippen LogP contribution in [-0.4, -0.2) is 69.1 Å². The molecule has 0 spiro atoms. The normalized spacial score (nSPS) is 14.3. The van der Waals surface area contributed by atoms with Crippen LogP contribution in [0.15, 0.2) is 48.5 Å². The highest BCUT2D eigenvalue weighted by atomic mass is 32.2. The van der Waals surface area contributed by atoms with E-state index in [1.807, 2.05) is 30.9 Å². The molecule has 1 heterocycles. The van der Waals surface area contributed by atoms with E-state index in [0.717, 1.165) is 37.1 Å². The van der Waals surface area contributed by atoms with E-state index >= 15 is 0 Å². The molecule has 1 fully saturated rings. The molecule has 0 unspecified atom stereocenters. The number of sulfonamides is 1. The van der Waals surface area contributed by atoms with E-state index in [0.29, 0.717) is 22.8 Å². The smallest absolute Gasteiger partial charge is 0.323 e. The number of likely N-dealkylation sites (tertiary alicyclic amines) is 1. The van der Waals surface area contributed by atoms with Crippen LogP contribution < -0.4 is 14.8 Å². The fraction of sp³-hybridized carbons (Fsp3) is 0.433. The number of piperidine rings is 1. The average molecular weight is 584 g/mol. The summed E-state index contributed by atoms with van der Waals surface area (Å²) >= 11 is 0. The minimum atomic E-state index is -4.08. The predicted octanol–water partition coefficient (Wildman–Crippen LogP) is 4.35. The summed E-state index contributed by atoms with van der Waals surface area (Å²) in [5.74, 6) is -0.347. The second-order valence-electron chi connectivity index (χ2n) is 10.3. The van der Waals surface area contributed by atoms with E-state index in [9.17, 15) is 13.2 Å². The highest BCUT2D eigenvalue weighted by molar-refractivity contribution is 7.93. The number of nitrogens with zero attached hydrogens (tertiary/aromatic N) is 2. The molecule has 0 saturated carbocycles. The van der Waals surface area contributed by atoms with Crippen LogP contribution in [0, 0.1) is 10.8 Å². The van der Waals surface area contributed by atoms with E-state index in [4.69, 9.17) is 26.0 Å². The lowest BCUT2D eigenvalue weighted by molar-refractivity contribution is -0.139. The van der Waals surface area contributed by atoms with E-state index in [1.54, 1.807) is 56.3 Å². The second kappa shape index (κ2) is 14.2. The van der Waals surface area contributed by atoms with Gasteiger partial charge in [0.1, 0.15) is 17.7 Å². The lowest BCUT2D eigenvalue weighted by Crippen LogP contribution is -2.40. The topological polar surface area (TPSA) is 150 Å². The first-order valence-electron chi connectivity index (χ1n) is 13.8. The molecule has 1 saturated heterocycles. The molecule has 41 heavy (non-hydrogen) atoms. The van der Waals surface area contributed by atoms with E-state index in [2.05, 4.69) is 0 Å². The molecule has 11 heteroatoms. The van der Waals surface area contributed by atoms with Crippen molar-refractivity contribution in [3.05, 3.63) is 65.2 Å². The van der Waals surface area contributed by atoms with Gasteiger partial charge >= 0.3 is 5.97 Å². The highest BCUT2D eigenvalue weighted by Gasteiger charge is 2.28. The van der Waals surface area contributed by atoms with Gasteiger partial charge in [0.25, 0.3) is 0 Å². The molecule has 222 valence electrons. The van der Waals surface area contributed by atoms with Gasteiger partial charge in [-0.05, 0) is 55.2 Å². The monoisotopic (exact) mass is 583 g/mol. The minimum absolute atomic E-state index is 0.00583. The van der Waals surface area contributed by atoms with Crippen molar-refractivity contribution >= 4 is 39.4 Å². The quantitative estimate of drug-likeness (QED) is 0.191. The summed E-state index contributed by atoms with van der Waals surface area (Å²) < 4.78 is 39.4. The lowest BCUT2D eigenvalue weighted by atomic mass is 10.0. The Labute approximate surface area is 243 Å². The molecule has 2 aromatic rings. The summed E-state index contributed by atoms with van der Waals surface area (Å²) in [5, 5.41) is 15.5. The van der Waals surface area contributed by atoms with Crippen LogP contribution in [0.1, 0.15) is 63.1 Å². The van der Waals surface area contributed by atoms with Gasteiger partial charge in [0.15, 0.2) is 5.75 Å². The van der Waals surface area contributed by atoms with Crippen LogP contribution in [0.4, 0.5) is 5.69 Å². The van der Waals surface area contributed by atoms with Gasteiger partial charge in [-0.1, -0.05) is 44.2 Å². The molecule has 0 aliphatic carbocycles. The van der Waals surface area contributed by atoms with Gasteiger partial charge in [0, 0.05) is 31.5 Å². The third-order valence-corrected chi connectivity index (χ3v) is 8.47. The Morgan fingerprint density at radius 3 is 2.49 bits per heavy atom. The van der Waals surface area contributed by atoms with Crippen LogP contribution in [-0.2, 0) is 19.6 Å². The zero-order valence-corrected chi connectivity index (χ0v) is 25.0. The van der Waals surface area contributed by atoms with Crippen molar-refractivity contribution in [2.24, 2.45) is 5.73 Å². The molecular weight excluding hydrogens is 542 g/mol. The average Bonchev–Trinajstić information content (AvgIpc) is 2.91. The number of nitrogen functional groups attached to an aromatic ring is 1. The third kappa shape index (κ3) is 8.81. The summed E-state index contributed by atoms with van der Waals surface area (Å²) in [5.41, 5.74) is 8.21. The molecule has 0 amide bonds. The van der Waals surface area contributed by atoms with Crippen molar-refractivity contribution in [2.45, 2.75) is 52.6 Å². The molecule has 0 bridgehead atoms. The van der Waals surface area contributed by atoms with Crippen LogP contribution in [0.25, 0.3) is 6.08 Å². The Morgan fingerprint density at radius 2 is 1.88 bits per heavy atom. The molecule has 1 aliphatic heterocycles. The number of hydrogen-bond acceptors (Lipinski definition) is 7. The summed E-state index contributed by atoms with van der Waals surface area (Å²) in [4.78, 5) is 14.2. The summed E-state index contributed by atoms with van der Waals surface area (Å²) in [6.07, 6.45) is 5.05. The number of ether oxygens (including phenoxy) is 2. The Hall–Kier alpha value is -3.86. The SMILES string of the molecule is CCOC(=O)CS(=O)(=O)N(C/C=C/c1cccc(C(=N)N)c1)c1ccc(OC2CCN(C(C)=N)CC2)c(C(C)C)c1. The number of esters is 1. The zero-order valence-electron chi connectivity index (χ0n) is 24.2. The number of carbonyl (C=O) groups is 1. The van der Waals surface area contributed by atoms with Crippen molar-refractivity contribution in [1.82, 2.24) is 4.90 Å². The van der Waals surface area contributed by atoms with Gasteiger partial charge in [-0.3, -0.25) is 19.9 Å². The molecule has 1 aliphatic rings. The maximum absolute atomic E-state index is 13.5. The first kappa shape index (κ1) is 31.7. The minimum Gasteiger partial charge on any atom is -0.490 e. The van der Waals surface area contributed by atoms with Crippen molar-refractivity contribution in [3.8, 4) is 5.75 Å². The van der Waals surface area contributed by atoms with Gasteiger partial charge in [-0.2, -0.15) is 0 Å². The van der Waals surface area contributed by atoms with Gasteiger partial charge in [0.05, 0.1) is 24.7 Å². The number of hydrogen-bond donors (Lipinski definition) is 3.